The predicted octanol–water partition coefficient (Wildman–Crippen LogP) is -0.306. The van der Waals surface area contributed by atoms with Gasteiger partial charge in [0.25, 0.3) is 5.91 Å². The third-order valence-electron chi connectivity index (χ3n) is 2.11. The minimum atomic E-state index is -0.691. The lowest BCUT2D eigenvalue weighted by Gasteiger charge is -2.28. The number of carbonyl (C=O) groups is 1. The lowest BCUT2D eigenvalue weighted by atomic mass is 9.99. The molecule has 1 amide bonds. The molecule has 1 heterocycles. The molecular formula is C8H14N4O2. The molecule has 0 radical (unpaired) electrons. The van der Waals surface area contributed by atoms with Gasteiger partial charge in [-0.15, -0.1) is 0 Å². The fraction of sp³-hybridized carbons (Fsp3) is 0.625. The Morgan fingerprint density at radius 1 is 1.71 bits per heavy atom. The van der Waals surface area contributed by atoms with E-state index in [0.717, 1.165) is 0 Å². The van der Waals surface area contributed by atoms with Crippen LogP contribution in [0.4, 0.5) is 0 Å². The fourth-order valence-electron chi connectivity index (χ4n) is 0.771. The molecular weight excluding hydrogens is 184 g/mol. The van der Waals surface area contributed by atoms with E-state index in [1.807, 2.05) is 0 Å². The van der Waals surface area contributed by atoms with Gasteiger partial charge < -0.3 is 10.4 Å². The normalized spacial score (nSPS) is 13.7. The van der Waals surface area contributed by atoms with Gasteiger partial charge in [0.2, 0.25) is 5.82 Å². The summed E-state index contributed by atoms with van der Waals surface area (Å²) in [5.41, 5.74) is -0.691. The highest BCUT2D eigenvalue weighted by Gasteiger charge is 2.27. The van der Waals surface area contributed by atoms with E-state index in [4.69, 9.17) is 0 Å². The zero-order chi connectivity index (χ0) is 10.8. The first-order valence-corrected chi connectivity index (χ1v) is 4.29. The van der Waals surface area contributed by atoms with Crippen LogP contribution in [0, 0.1) is 0 Å². The van der Waals surface area contributed by atoms with Gasteiger partial charge in [-0.3, -0.25) is 9.89 Å². The first-order chi connectivity index (χ1) is 6.43. The van der Waals surface area contributed by atoms with Crippen molar-refractivity contribution >= 4 is 5.91 Å². The molecule has 0 bridgehead atoms. The van der Waals surface area contributed by atoms with Gasteiger partial charge >= 0.3 is 0 Å². The van der Waals surface area contributed by atoms with E-state index in [1.54, 1.807) is 20.8 Å². The van der Waals surface area contributed by atoms with Crippen molar-refractivity contribution in [3.63, 3.8) is 0 Å². The van der Waals surface area contributed by atoms with E-state index in [-0.39, 0.29) is 11.7 Å². The van der Waals surface area contributed by atoms with Gasteiger partial charge in [0.05, 0.1) is 11.6 Å². The molecule has 1 atom stereocenters. The summed E-state index contributed by atoms with van der Waals surface area (Å²) in [7, 11) is 0. The molecule has 14 heavy (non-hydrogen) atoms. The van der Waals surface area contributed by atoms with Crippen molar-refractivity contribution in [2.75, 3.05) is 0 Å². The molecule has 6 nitrogen and oxygen atoms in total. The number of amides is 1. The maximum Gasteiger partial charge on any atom is 0.289 e. The second kappa shape index (κ2) is 3.75. The van der Waals surface area contributed by atoms with E-state index in [2.05, 4.69) is 20.5 Å². The van der Waals surface area contributed by atoms with Crippen LogP contribution in [-0.4, -0.2) is 37.8 Å². The quantitative estimate of drug-likeness (QED) is 0.621. The summed E-state index contributed by atoms with van der Waals surface area (Å²) >= 11 is 0. The monoisotopic (exact) mass is 198 g/mol. The summed E-state index contributed by atoms with van der Waals surface area (Å²) in [5.74, 6) is -0.243. The number of H-pyrrole nitrogens is 1. The summed E-state index contributed by atoms with van der Waals surface area (Å²) in [6.45, 7) is 5.07. The lowest BCUT2D eigenvalue weighted by Crippen LogP contribution is -2.51. The molecule has 0 saturated heterocycles. The van der Waals surface area contributed by atoms with Gasteiger partial charge in [0.15, 0.2) is 0 Å². The number of nitrogens with one attached hydrogen (secondary N) is 2. The van der Waals surface area contributed by atoms with Crippen molar-refractivity contribution in [3.8, 4) is 0 Å². The van der Waals surface area contributed by atoms with Gasteiger partial charge in [0.1, 0.15) is 6.33 Å². The van der Waals surface area contributed by atoms with Crippen LogP contribution in [0.2, 0.25) is 0 Å². The van der Waals surface area contributed by atoms with E-state index < -0.39 is 11.6 Å². The third kappa shape index (κ3) is 2.29. The first-order valence-electron chi connectivity index (χ1n) is 4.29. The number of hydrogen-bond donors (Lipinski definition) is 3. The lowest BCUT2D eigenvalue weighted by molar-refractivity contribution is 0.0701. The number of aliphatic hydroxyl groups is 1. The van der Waals surface area contributed by atoms with Crippen LogP contribution in [0.15, 0.2) is 6.33 Å². The Labute approximate surface area is 81.7 Å². The Morgan fingerprint density at radius 3 is 2.79 bits per heavy atom. The van der Waals surface area contributed by atoms with Crippen molar-refractivity contribution in [3.05, 3.63) is 12.2 Å². The average molecular weight is 198 g/mol. The summed E-state index contributed by atoms with van der Waals surface area (Å²) in [5, 5.41) is 18.0. The van der Waals surface area contributed by atoms with Gasteiger partial charge in [-0.05, 0) is 20.8 Å². The molecule has 0 spiro atoms. The average Bonchev–Trinajstić information content (AvgIpc) is 2.54. The van der Waals surface area contributed by atoms with E-state index >= 15 is 0 Å². The van der Waals surface area contributed by atoms with E-state index in [0.29, 0.717) is 0 Å². The van der Waals surface area contributed by atoms with Crippen LogP contribution in [0.5, 0.6) is 0 Å². The topological polar surface area (TPSA) is 90.9 Å². The Balaban J connectivity index is 2.66. The molecule has 3 N–H and O–H groups in total. The molecule has 0 aromatic carbocycles. The third-order valence-corrected chi connectivity index (χ3v) is 2.11. The van der Waals surface area contributed by atoms with Gasteiger partial charge in [0, 0.05) is 0 Å². The van der Waals surface area contributed by atoms with Crippen molar-refractivity contribution in [2.45, 2.75) is 32.4 Å². The molecule has 0 fully saturated rings. The van der Waals surface area contributed by atoms with Gasteiger partial charge in [-0.1, -0.05) is 0 Å². The largest absolute Gasteiger partial charge is 0.391 e. The Morgan fingerprint density at radius 2 is 2.36 bits per heavy atom. The van der Waals surface area contributed by atoms with Crippen LogP contribution in [-0.2, 0) is 0 Å². The summed E-state index contributed by atoms with van der Waals surface area (Å²) < 4.78 is 0. The highest BCUT2D eigenvalue weighted by atomic mass is 16.3. The van der Waals surface area contributed by atoms with Crippen molar-refractivity contribution in [1.82, 2.24) is 20.5 Å². The number of aromatic amines is 1. The number of hydrogen-bond acceptors (Lipinski definition) is 4. The number of rotatable bonds is 3. The maximum atomic E-state index is 11.5. The molecule has 1 unspecified atom stereocenters. The van der Waals surface area contributed by atoms with E-state index in [1.165, 1.54) is 6.33 Å². The van der Waals surface area contributed by atoms with Crippen LogP contribution >= 0.6 is 0 Å². The molecule has 1 aromatic rings. The second-order valence-corrected chi connectivity index (χ2v) is 3.69. The summed E-state index contributed by atoms with van der Waals surface area (Å²) in [6.07, 6.45) is 0.610. The highest BCUT2D eigenvalue weighted by molar-refractivity contribution is 5.90. The number of aromatic nitrogens is 3. The number of carbonyl (C=O) groups excluding carboxylic acids is 1. The molecule has 0 saturated carbocycles. The van der Waals surface area contributed by atoms with Crippen molar-refractivity contribution in [2.24, 2.45) is 0 Å². The second-order valence-electron chi connectivity index (χ2n) is 3.69. The maximum absolute atomic E-state index is 11.5. The number of aliphatic hydroxyl groups excluding tert-OH is 1. The molecule has 0 aliphatic rings. The smallest absolute Gasteiger partial charge is 0.289 e. The number of nitrogens with zero attached hydrogens (tertiary/aromatic N) is 2. The molecule has 1 rings (SSSR count). The Kier molecular flexibility index (Phi) is 2.85. The van der Waals surface area contributed by atoms with Gasteiger partial charge in [-0.25, -0.2) is 4.98 Å². The Bertz CT molecular complexity index is 305. The minimum Gasteiger partial charge on any atom is -0.391 e. The van der Waals surface area contributed by atoms with Crippen LogP contribution in [0.3, 0.4) is 0 Å². The van der Waals surface area contributed by atoms with Crippen LogP contribution in [0.1, 0.15) is 31.4 Å². The standard InChI is InChI=1S/C8H14N4O2/c1-5(13)8(2,3)11-7(14)6-9-4-10-12-6/h4-5,13H,1-3H3,(H,11,14)(H,9,10,12). The van der Waals surface area contributed by atoms with Crippen LogP contribution < -0.4 is 5.32 Å². The minimum absolute atomic E-state index is 0.138. The van der Waals surface area contributed by atoms with E-state index in [9.17, 15) is 9.90 Å². The van der Waals surface area contributed by atoms with Crippen molar-refractivity contribution in [1.29, 1.82) is 0 Å². The first kappa shape index (κ1) is 10.6. The van der Waals surface area contributed by atoms with Crippen molar-refractivity contribution < 1.29 is 9.90 Å². The van der Waals surface area contributed by atoms with Crippen LogP contribution in [0.25, 0.3) is 0 Å². The Hall–Kier alpha value is -1.43. The SMILES string of the molecule is CC(O)C(C)(C)NC(=O)c1ncn[nH]1. The highest BCUT2D eigenvalue weighted by Crippen LogP contribution is 2.08. The molecule has 1 aromatic heterocycles. The van der Waals surface area contributed by atoms with Gasteiger partial charge in [-0.2, -0.15) is 5.10 Å². The molecule has 78 valence electrons. The predicted molar refractivity (Wildman–Crippen MR) is 49.6 cm³/mol. The molecule has 0 aliphatic carbocycles. The molecule has 6 heteroatoms. The molecule has 0 aliphatic heterocycles. The summed E-state index contributed by atoms with van der Waals surface area (Å²) in [4.78, 5) is 15.2. The zero-order valence-corrected chi connectivity index (χ0v) is 8.40. The zero-order valence-electron chi connectivity index (χ0n) is 8.40. The fourth-order valence-corrected chi connectivity index (χ4v) is 0.771. The summed E-state index contributed by atoms with van der Waals surface area (Å²) in [6, 6.07) is 0.